The Bertz CT molecular complexity index is 257. The molecule has 1 fully saturated rings. The second kappa shape index (κ2) is 3.46. The molecule has 0 aromatic rings. The second-order valence-electron chi connectivity index (χ2n) is 6.61. The topological polar surface area (TPSA) is 29.1 Å². The Labute approximate surface area is 91.6 Å². The highest BCUT2D eigenvalue weighted by atomic mass is 19.1. The number of nitrogens with one attached hydrogen (secondary N) is 1. The molecule has 88 valence electrons. The van der Waals surface area contributed by atoms with Crippen LogP contribution in [0.5, 0.6) is 0 Å². The Morgan fingerprint density at radius 1 is 1.33 bits per heavy atom. The summed E-state index contributed by atoms with van der Waals surface area (Å²) in [6, 6.07) is 0. The molecule has 1 aliphatic rings. The third kappa shape index (κ3) is 3.80. The predicted molar refractivity (Wildman–Crippen MR) is 59.4 cm³/mol. The number of rotatable bonds is 2. The van der Waals surface area contributed by atoms with Crippen LogP contribution in [0.15, 0.2) is 0 Å². The number of alkyl halides is 1. The first-order chi connectivity index (χ1) is 6.52. The van der Waals surface area contributed by atoms with Gasteiger partial charge < -0.3 is 5.32 Å². The Morgan fingerprint density at radius 2 is 1.80 bits per heavy atom. The lowest BCUT2D eigenvalue weighted by Gasteiger charge is -2.48. The van der Waals surface area contributed by atoms with Gasteiger partial charge in [-0.3, -0.25) is 4.79 Å². The Kier molecular flexibility index (Phi) is 2.88. The predicted octanol–water partition coefficient (Wildman–Crippen LogP) is 2.82. The molecule has 1 amide bonds. The van der Waals surface area contributed by atoms with Gasteiger partial charge in [0.05, 0.1) is 0 Å². The van der Waals surface area contributed by atoms with Crippen LogP contribution >= 0.6 is 0 Å². The summed E-state index contributed by atoms with van der Waals surface area (Å²) in [5.74, 6) is 0.0282. The fraction of sp³-hybridized carbons (Fsp3) is 0.917. The zero-order valence-electron chi connectivity index (χ0n) is 10.4. The number of hydrogen-bond acceptors (Lipinski definition) is 1. The van der Waals surface area contributed by atoms with Crippen LogP contribution in [-0.4, -0.2) is 17.1 Å². The van der Waals surface area contributed by atoms with E-state index >= 15 is 0 Å². The van der Waals surface area contributed by atoms with E-state index in [4.69, 9.17) is 0 Å². The van der Waals surface area contributed by atoms with E-state index in [2.05, 4.69) is 5.32 Å². The molecule has 2 nitrogen and oxygen atoms in total. The standard InChI is InChI=1S/C12H22FNO/c1-10(2,3)6-9(15)14-12(5)7-11(4,13)8-12/h6-8H2,1-5H3,(H,14,15). The van der Waals surface area contributed by atoms with Gasteiger partial charge in [0.25, 0.3) is 0 Å². The number of hydrogen-bond donors (Lipinski definition) is 1. The van der Waals surface area contributed by atoms with Gasteiger partial charge in [0.15, 0.2) is 0 Å². The van der Waals surface area contributed by atoms with Gasteiger partial charge in [-0.2, -0.15) is 0 Å². The molecule has 0 heterocycles. The van der Waals surface area contributed by atoms with Gasteiger partial charge in [0, 0.05) is 24.8 Å². The highest BCUT2D eigenvalue weighted by Gasteiger charge is 2.50. The summed E-state index contributed by atoms with van der Waals surface area (Å²) >= 11 is 0. The highest BCUT2D eigenvalue weighted by molar-refractivity contribution is 5.77. The molecule has 0 aromatic carbocycles. The first-order valence-electron chi connectivity index (χ1n) is 5.51. The van der Waals surface area contributed by atoms with E-state index in [0.29, 0.717) is 19.3 Å². The molecule has 1 N–H and O–H groups in total. The van der Waals surface area contributed by atoms with Gasteiger partial charge in [-0.05, 0) is 19.3 Å². The summed E-state index contributed by atoms with van der Waals surface area (Å²) in [4.78, 5) is 11.6. The van der Waals surface area contributed by atoms with Gasteiger partial charge in [-0.1, -0.05) is 20.8 Å². The molecule has 0 bridgehead atoms. The van der Waals surface area contributed by atoms with Crippen molar-refractivity contribution in [3.63, 3.8) is 0 Å². The molecular weight excluding hydrogens is 193 g/mol. The summed E-state index contributed by atoms with van der Waals surface area (Å²) < 4.78 is 13.3. The van der Waals surface area contributed by atoms with Crippen LogP contribution in [0.3, 0.4) is 0 Å². The van der Waals surface area contributed by atoms with E-state index in [0.717, 1.165) is 0 Å². The van der Waals surface area contributed by atoms with Crippen molar-refractivity contribution in [3.8, 4) is 0 Å². The maximum Gasteiger partial charge on any atom is 0.220 e. The van der Waals surface area contributed by atoms with Crippen molar-refractivity contribution in [3.05, 3.63) is 0 Å². The summed E-state index contributed by atoms with van der Waals surface area (Å²) in [5, 5.41) is 2.93. The lowest BCUT2D eigenvalue weighted by molar-refractivity contribution is -0.128. The van der Waals surface area contributed by atoms with E-state index in [1.54, 1.807) is 6.92 Å². The molecule has 0 unspecified atom stereocenters. The third-order valence-corrected chi connectivity index (χ3v) is 2.65. The molecule has 0 aromatic heterocycles. The second-order valence-corrected chi connectivity index (χ2v) is 6.61. The monoisotopic (exact) mass is 215 g/mol. The lowest BCUT2D eigenvalue weighted by Crippen LogP contribution is -2.61. The molecule has 1 rings (SSSR count). The number of carbonyl (C=O) groups is 1. The molecule has 1 saturated carbocycles. The van der Waals surface area contributed by atoms with Crippen LogP contribution in [0.1, 0.15) is 53.9 Å². The van der Waals surface area contributed by atoms with E-state index in [1.807, 2.05) is 27.7 Å². The van der Waals surface area contributed by atoms with Crippen molar-refractivity contribution in [2.24, 2.45) is 5.41 Å². The zero-order valence-corrected chi connectivity index (χ0v) is 10.4. The molecule has 0 radical (unpaired) electrons. The van der Waals surface area contributed by atoms with Crippen LogP contribution in [0, 0.1) is 5.41 Å². The first kappa shape index (κ1) is 12.5. The van der Waals surface area contributed by atoms with Gasteiger partial charge in [-0.25, -0.2) is 4.39 Å². The van der Waals surface area contributed by atoms with Crippen molar-refractivity contribution >= 4 is 5.91 Å². The SMILES string of the molecule is CC(C)(C)CC(=O)NC1(C)CC(C)(F)C1. The maximum absolute atomic E-state index is 13.3. The number of amides is 1. The summed E-state index contributed by atoms with van der Waals surface area (Å²) in [7, 11) is 0. The average molecular weight is 215 g/mol. The minimum absolute atomic E-state index is 0.0107. The van der Waals surface area contributed by atoms with E-state index in [1.165, 1.54) is 0 Å². The van der Waals surface area contributed by atoms with E-state index in [9.17, 15) is 9.18 Å². The van der Waals surface area contributed by atoms with Crippen molar-refractivity contribution in [2.45, 2.75) is 65.1 Å². The summed E-state index contributed by atoms with van der Waals surface area (Å²) in [6.45, 7) is 9.57. The van der Waals surface area contributed by atoms with Crippen molar-refractivity contribution in [2.75, 3.05) is 0 Å². The Balaban J connectivity index is 2.41. The molecule has 0 atom stereocenters. The largest absolute Gasteiger partial charge is 0.351 e. The van der Waals surface area contributed by atoms with Gasteiger partial charge in [0.1, 0.15) is 5.67 Å². The fourth-order valence-corrected chi connectivity index (χ4v) is 2.53. The zero-order chi connectivity index (χ0) is 11.9. The Morgan fingerprint density at radius 3 is 2.13 bits per heavy atom. The van der Waals surface area contributed by atoms with Crippen molar-refractivity contribution in [1.29, 1.82) is 0 Å². The number of halogens is 1. The normalized spacial score (nSPS) is 35.9. The quantitative estimate of drug-likeness (QED) is 0.754. The van der Waals surface area contributed by atoms with Crippen LogP contribution in [0.2, 0.25) is 0 Å². The van der Waals surface area contributed by atoms with Gasteiger partial charge in [0.2, 0.25) is 5.91 Å². The van der Waals surface area contributed by atoms with E-state index in [-0.39, 0.29) is 16.9 Å². The molecule has 3 heteroatoms. The van der Waals surface area contributed by atoms with Crippen molar-refractivity contribution < 1.29 is 9.18 Å². The first-order valence-corrected chi connectivity index (χ1v) is 5.51. The van der Waals surface area contributed by atoms with Crippen LogP contribution in [0.25, 0.3) is 0 Å². The highest BCUT2D eigenvalue weighted by Crippen LogP contribution is 2.43. The molecule has 0 saturated heterocycles. The van der Waals surface area contributed by atoms with Gasteiger partial charge in [-0.15, -0.1) is 0 Å². The lowest BCUT2D eigenvalue weighted by atomic mass is 9.68. The molecule has 1 aliphatic carbocycles. The van der Waals surface area contributed by atoms with Crippen LogP contribution in [-0.2, 0) is 4.79 Å². The minimum atomic E-state index is -1.09. The number of carbonyl (C=O) groups excluding carboxylic acids is 1. The van der Waals surface area contributed by atoms with E-state index < -0.39 is 5.67 Å². The molecule has 0 spiro atoms. The molecule has 0 aliphatic heterocycles. The maximum atomic E-state index is 13.3. The average Bonchev–Trinajstić information content (AvgIpc) is 1.73. The summed E-state index contributed by atoms with van der Waals surface area (Å²) in [5.41, 5.74) is -1.43. The Hall–Kier alpha value is -0.600. The smallest absolute Gasteiger partial charge is 0.220 e. The minimum Gasteiger partial charge on any atom is -0.351 e. The summed E-state index contributed by atoms with van der Waals surface area (Å²) in [6.07, 6.45) is 1.34. The molecule has 15 heavy (non-hydrogen) atoms. The fourth-order valence-electron chi connectivity index (χ4n) is 2.53. The van der Waals surface area contributed by atoms with Crippen LogP contribution in [0.4, 0.5) is 4.39 Å². The third-order valence-electron chi connectivity index (χ3n) is 2.65. The van der Waals surface area contributed by atoms with Gasteiger partial charge >= 0.3 is 0 Å². The van der Waals surface area contributed by atoms with Crippen molar-refractivity contribution in [1.82, 2.24) is 5.32 Å². The molecular formula is C12H22FNO. The van der Waals surface area contributed by atoms with Crippen LogP contribution < -0.4 is 5.32 Å².